The Kier molecular flexibility index (Phi) is 5.93. The minimum Gasteiger partial charge on any atom is -0.339 e. The van der Waals surface area contributed by atoms with Crippen LogP contribution in [0.3, 0.4) is 0 Å². The van der Waals surface area contributed by atoms with Crippen molar-refractivity contribution in [3.63, 3.8) is 0 Å². The third kappa shape index (κ3) is 4.01. The van der Waals surface area contributed by atoms with Crippen LogP contribution in [0.15, 0.2) is 89.8 Å². The van der Waals surface area contributed by atoms with Gasteiger partial charge in [-0.3, -0.25) is 4.79 Å². The van der Waals surface area contributed by atoms with Crippen LogP contribution in [-0.2, 0) is 10.0 Å². The summed E-state index contributed by atoms with van der Waals surface area (Å²) in [5.41, 5.74) is 2.33. The summed E-state index contributed by atoms with van der Waals surface area (Å²) in [5, 5.41) is 11.0. The first kappa shape index (κ1) is 23.9. The quantitative estimate of drug-likeness (QED) is 0.308. The molecule has 1 amide bonds. The lowest BCUT2D eigenvalue weighted by Gasteiger charge is -2.26. The summed E-state index contributed by atoms with van der Waals surface area (Å²) in [5.74, 6) is 0.201. The number of hydrogen-bond donors (Lipinski definition) is 0. The van der Waals surface area contributed by atoms with E-state index in [-0.39, 0.29) is 16.6 Å². The van der Waals surface area contributed by atoms with Crippen molar-refractivity contribution in [3.05, 3.63) is 96.1 Å². The first-order valence-electron chi connectivity index (χ1n) is 12.5. The highest BCUT2D eigenvalue weighted by Crippen LogP contribution is 2.34. The summed E-state index contributed by atoms with van der Waals surface area (Å²) in [7, 11) is -4.10. The largest absolute Gasteiger partial charge is 0.339 e. The number of imidazole rings is 1. The molecule has 0 spiro atoms. The molecule has 0 bridgehead atoms. The molecule has 6 rings (SSSR count). The van der Waals surface area contributed by atoms with Crippen molar-refractivity contribution in [2.24, 2.45) is 0 Å². The normalized spacial score (nSPS) is 14.0. The summed E-state index contributed by atoms with van der Waals surface area (Å²) in [6.45, 7) is 1.44. The van der Waals surface area contributed by atoms with Crippen LogP contribution >= 0.6 is 0 Å². The summed E-state index contributed by atoms with van der Waals surface area (Å²) in [6.07, 6.45) is 3.09. The Morgan fingerprint density at radius 3 is 2.37 bits per heavy atom. The summed E-state index contributed by atoms with van der Waals surface area (Å²) < 4.78 is 29.4. The van der Waals surface area contributed by atoms with Gasteiger partial charge in [-0.05, 0) is 72.5 Å². The van der Waals surface area contributed by atoms with Gasteiger partial charge in [0, 0.05) is 24.2 Å². The van der Waals surface area contributed by atoms with Crippen molar-refractivity contribution in [2.45, 2.75) is 24.2 Å². The van der Waals surface area contributed by atoms with Gasteiger partial charge in [0.05, 0.1) is 27.6 Å². The Balaban J connectivity index is 1.58. The Bertz CT molecular complexity index is 1840. The lowest BCUT2D eigenvalue weighted by molar-refractivity contribution is 0.0724. The monoisotopic (exact) mass is 520 g/mol. The van der Waals surface area contributed by atoms with Gasteiger partial charge in [-0.2, -0.15) is 5.26 Å². The van der Waals surface area contributed by atoms with Crippen molar-refractivity contribution in [2.75, 3.05) is 13.1 Å². The van der Waals surface area contributed by atoms with Gasteiger partial charge in [-0.25, -0.2) is 17.4 Å². The fourth-order valence-corrected chi connectivity index (χ4v) is 6.58. The van der Waals surface area contributed by atoms with Gasteiger partial charge in [0.25, 0.3) is 15.9 Å². The molecule has 1 aliphatic heterocycles. The SMILES string of the molecule is N#Cc1ccc(S(=O)(=O)n2c(-c3cccc4ccccc34)nc3cc(C(=O)N4CCCCC4)ccc32)cc1. The first-order valence-corrected chi connectivity index (χ1v) is 14.0. The third-order valence-corrected chi connectivity index (χ3v) is 8.77. The van der Waals surface area contributed by atoms with E-state index in [2.05, 4.69) is 0 Å². The van der Waals surface area contributed by atoms with E-state index in [1.807, 2.05) is 53.4 Å². The molecule has 5 aromatic rings. The number of carbonyl (C=O) groups excluding carboxylic acids is 1. The second kappa shape index (κ2) is 9.43. The average Bonchev–Trinajstić information content (AvgIpc) is 3.36. The van der Waals surface area contributed by atoms with Crippen LogP contribution in [0.25, 0.3) is 33.2 Å². The van der Waals surface area contributed by atoms with E-state index in [0.29, 0.717) is 27.7 Å². The third-order valence-electron chi connectivity index (χ3n) is 7.06. The summed E-state index contributed by atoms with van der Waals surface area (Å²) in [4.78, 5) is 19.9. The number of benzene rings is 4. The van der Waals surface area contributed by atoms with Gasteiger partial charge in [0.15, 0.2) is 5.82 Å². The Hall–Kier alpha value is -4.48. The van der Waals surface area contributed by atoms with Gasteiger partial charge >= 0.3 is 0 Å². The maximum atomic E-state index is 14.1. The second-order valence-electron chi connectivity index (χ2n) is 9.42. The molecule has 0 N–H and O–H groups in total. The average molecular weight is 521 g/mol. The minimum atomic E-state index is -4.10. The number of likely N-dealkylation sites (tertiary alicyclic amines) is 1. The van der Waals surface area contributed by atoms with E-state index in [1.54, 1.807) is 18.2 Å². The van der Waals surface area contributed by atoms with Gasteiger partial charge < -0.3 is 4.90 Å². The lowest BCUT2D eigenvalue weighted by Crippen LogP contribution is -2.35. The van der Waals surface area contributed by atoms with Crippen molar-refractivity contribution < 1.29 is 13.2 Å². The van der Waals surface area contributed by atoms with Crippen molar-refractivity contribution in [1.82, 2.24) is 13.9 Å². The molecule has 0 unspecified atom stereocenters. The van der Waals surface area contributed by atoms with Crippen LogP contribution in [0.4, 0.5) is 0 Å². The minimum absolute atomic E-state index is 0.0470. The fourth-order valence-electron chi connectivity index (χ4n) is 5.11. The smallest absolute Gasteiger partial charge is 0.269 e. The number of aromatic nitrogens is 2. The van der Waals surface area contributed by atoms with Crippen LogP contribution in [0, 0.1) is 11.3 Å². The molecule has 0 atom stereocenters. The van der Waals surface area contributed by atoms with E-state index in [1.165, 1.54) is 28.2 Å². The van der Waals surface area contributed by atoms with Gasteiger partial charge in [-0.15, -0.1) is 0 Å². The molecular formula is C30H24N4O3S. The number of nitrogens with zero attached hydrogens (tertiary/aromatic N) is 4. The van der Waals surface area contributed by atoms with Gasteiger partial charge in [0.2, 0.25) is 0 Å². The number of fused-ring (bicyclic) bond motifs is 2. The number of amides is 1. The lowest BCUT2D eigenvalue weighted by atomic mass is 10.0. The number of piperidine rings is 1. The predicted octanol–water partition coefficient (Wildman–Crippen LogP) is 5.59. The zero-order valence-electron chi connectivity index (χ0n) is 20.5. The van der Waals surface area contributed by atoms with Crippen molar-refractivity contribution in [1.29, 1.82) is 5.26 Å². The van der Waals surface area contributed by atoms with Crippen LogP contribution in [-0.4, -0.2) is 41.3 Å². The number of rotatable bonds is 4. The molecule has 4 aromatic carbocycles. The molecule has 188 valence electrons. The van der Waals surface area contributed by atoms with Gasteiger partial charge in [-0.1, -0.05) is 42.5 Å². The molecule has 7 nitrogen and oxygen atoms in total. The van der Waals surface area contributed by atoms with E-state index in [4.69, 9.17) is 10.2 Å². The van der Waals surface area contributed by atoms with Crippen molar-refractivity contribution >= 4 is 37.7 Å². The van der Waals surface area contributed by atoms with Crippen LogP contribution in [0.2, 0.25) is 0 Å². The zero-order valence-corrected chi connectivity index (χ0v) is 21.4. The molecular weight excluding hydrogens is 496 g/mol. The summed E-state index contributed by atoms with van der Waals surface area (Å²) >= 11 is 0. The Labute approximate surface area is 220 Å². The standard InChI is InChI=1S/C30H24N4O3S/c31-20-21-11-14-24(15-12-21)38(36,37)34-28-16-13-23(30(35)33-17-4-1-5-18-33)19-27(28)32-29(34)26-10-6-8-22-7-2-3-9-25(22)26/h2-3,6-16,19H,1,4-5,17-18H2. The fraction of sp³-hybridized carbons (Fsp3) is 0.167. The van der Waals surface area contributed by atoms with Crippen LogP contribution in [0.5, 0.6) is 0 Å². The molecule has 0 saturated carbocycles. The van der Waals surface area contributed by atoms with E-state index < -0.39 is 10.0 Å². The number of nitriles is 1. The maximum Gasteiger partial charge on any atom is 0.269 e. The highest BCUT2D eigenvalue weighted by atomic mass is 32.2. The first-order chi connectivity index (χ1) is 18.5. The molecule has 8 heteroatoms. The van der Waals surface area contributed by atoms with Crippen LogP contribution in [0.1, 0.15) is 35.2 Å². The van der Waals surface area contributed by atoms with Crippen molar-refractivity contribution in [3.8, 4) is 17.5 Å². The summed E-state index contributed by atoms with van der Waals surface area (Å²) in [6, 6.07) is 26.3. The molecule has 1 aromatic heterocycles. The molecule has 1 saturated heterocycles. The number of carbonyl (C=O) groups is 1. The highest BCUT2D eigenvalue weighted by Gasteiger charge is 2.27. The maximum absolute atomic E-state index is 14.1. The second-order valence-corrected chi connectivity index (χ2v) is 11.2. The van der Waals surface area contributed by atoms with E-state index in [9.17, 15) is 13.2 Å². The molecule has 38 heavy (non-hydrogen) atoms. The Morgan fingerprint density at radius 1 is 0.868 bits per heavy atom. The zero-order chi connectivity index (χ0) is 26.3. The molecule has 1 aliphatic rings. The molecule has 0 aliphatic carbocycles. The number of hydrogen-bond acceptors (Lipinski definition) is 5. The topological polar surface area (TPSA) is 96.1 Å². The van der Waals surface area contributed by atoms with Gasteiger partial charge in [0.1, 0.15) is 0 Å². The van der Waals surface area contributed by atoms with E-state index in [0.717, 1.165) is 43.1 Å². The van der Waals surface area contributed by atoms with Crippen LogP contribution < -0.4 is 0 Å². The Morgan fingerprint density at radius 2 is 1.61 bits per heavy atom. The molecule has 1 fully saturated rings. The molecule has 2 heterocycles. The predicted molar refractivity (Wildman–Crippen MR) is 146 cm³/mol. The molecule has 0 radical (unpaired) electrons. The highest BCUT2D eigenvalue weighted by molar-refractivity contribution is 7.90. The van der Waals surface area contributed by atoms with E-state index >= 15 is 0 Å².